The van der Waals surface area contributed by atoms with Gasteiger partial charge in [-0.15, -0.1) is 0 Å². The Labute approximate surface area is 162 Å². The fourth-order valence-corrected chi connectivity index (χ4v) is 3.99. The predicted octanol–water partition coefficient (Wildman–Crippen LogP) is 3.44. The van der Waals surface area contributed by atoms with Crippen LogP contribution in [0.1, 0.15) is 39.2 Å². The van der Waals surface area contributed by atoms with E-state index >= 15 is 0 Å². The fraction of sp³-hybridized carbons (Fsp3) is 0.429. The largest absolute Gasteiger partial charge is 0.376 e. The van der Waals surface area contributed by atoms with E-state index in [1.54, 1.807) is 10.9 Å². The van der Waals surface area contributed by atoms with E-state index in [0.29, 0.717) is 28.7 Å². The summed E-state index contributed by atoms with van der Waals surface area (Å²) in [5.41, 5.74) is 3.51. The van der Waals surface area contributed by atoms with Gasteiger partial charge in [-0.25, -0.2) is 15.0 Å². The molecule has 0 bridgehead atoms. The second-order valence-corrected chi connectivity index (χ2v) is 7.54. The summed E-state index contributed by atoms with van der Waals surface area (Å²) < 4.78 is 9.56. The number of benzene rings is 1. The molecule has 7 heteroatoms. The van der Waals surface area contributed by atoms with E-state index in [4.69, 9.17) is 14.7 Å². The van der Waals surface area contributed by atoms with Gasteiger partial charge in [-0.3, -0.25) is 9.36 Å². The quantitative estimate of drug-likeness (QED) is 0.545. The molecule has 0 amide bonds. The average Bonchev–Trinajstić information content (AvgIpc) is 3.33. The van der Waals surface area contributed by atoms with Gasteiger partial charge in [0, 0.05) is 12.6 Å². The van der Waals surface area contributed by atoms with Crippen molar-refractivity contribution < 1.29 is 4.74 Å². The number of hydrogen-bond acceptors (Lipinski definition) is 5. The van der Waals surface area contributed by atoms with Crippen LogP contribution in [-0.4, -0.2) is 36.8 Å². The summed E-state index contributed by atoms with van der Waals surface area (Å²) in [7, 11) is 0. The van der Waals surface area contributed by atoms with Crippen LogP contribution in [0.15, 0.2) is 35.4 Å². The lowest BCUT2D eigenvalue weighted by atomic mass is 10.2. The van der Waals surface area contributed by atoms with Crippen LogP contribution < -0.4 is 5.56 Å². The van der Waals surface area contributed by atoms with E-state index < -0.39 is 0 Å². The van der Waals surface area contributed by atoms with Crippen molar-refractivity contribution in [2.45, 2.75) is 51.8 Å². The molecule has 1 fully saturated rings. The van der Waals surface area contributed by atoms with Crippen LogP contribution in [0.5, 0.6) is 0 Å². The van der Waals surface area contributed by atoms with E-state index in [9.17, 15) is 4.79 Å². The molecule has 144 valence electrons. The molecule has 28 heavy (non-hydrogen) atoms. The third-order valence-electron chi connectivity index (χ3n) is 5.75. The number of hydrogen-bond donors (Lipinski definition) is 0. The summed E-state index contributed by atoms with van der Waals surface area (Å²) in [5, 5.41) is 0.550. The van der Waals surface area contributed by atoms with Gasteiger partial charge in [0.15, 0.2) is 11.3 Å². The first kappa shape index (κ1) is 17.3. The Bertz CT molecular complexity index is 1240. The molecule has 3 aromatic heterocycles. The Balaban J connectivity index is 1.85. The number of rotatable bonds is 4. The minimum atomic E-state index is -0.0555. The van der Waals surface area contributed by atoms with Crippen molar-refractivity contribution in [1.29, 1.82) is 0 Å². The molecular formula is C21H23N5O2. The lowest BCUT2D eigenvalue weighted by Crippen LogP contribution is -2.24. The summed E-state index contributed by atoms with van der Waals surface area (Å²) in [4.78, 5) is 27.7. The lowest BCUT2D eigenvalue weighted by molar-refractivity contribution is 0.0987. The monoisotopic (exact) mass is 377 g/mol. The van der Waals surface area contributed by atoms with Crippen molar-refractivity contribution in [3.05, 3.63) is 40.9 Å². The number of aromatic nitrogens is 5. The highest BCUT2D eigenvalue weighted by molar-refractivity contribution is 6.04. The van der Waals surface area contributed by atoms with Crippen LogP contribution in [0.4, 0.5) is 0 Å². The molecule has 0 aliphatic carbocycles. The van der Waals surface area contributed by atoms with Crippen molar-refractivity contribution in [1.82, 2.24) is 24.1 Å². The number of ether oxygens (including phenoxy) is 1. The summed E-state index contributed by atoms with van der Waals surface area (Å²) in [6.07, 6.45) is 4.70. The second-order valence-electron chi connectivity index (χ2n) is 7.54. The van der Waals surface area contributed by atoms with E-state index in [1.165, 1.54) is 0 Å². The van der Waals surface area contributed by atoms with Crippen LogP contribution in [-0.2, 0) is 11.3 Å². The van der Waals surface area contributed by atoms with Gasteiger partial charge in [-0.2, -0.15) is 0 Å². The third kappa shape index (κ3) is 2.61. The van der Waals surface area contributed by atoms with Gasteiger partial charge >= 0.3 is 0 Å². The normalized spacial score (nSPS) is 18.4. The van der Waals surface area contributed by atoms with Crippen LogP contribution in [0.3, 0.4) is 0 Å². The van der Waals surface area contributed by atoms with Crippen LogP contribution in [0.2, 0.25) is 0 Å². The molecule has 4 heterocycles. The highest BCUT2D eigenvalue weighted by Crippen LogP contribution is 2.27. The van der Waals surface area contributed by atoms with E-state index in [0.717, 1.165) is 36.9 Å². The van der Waals surface area contributed by atoms with Gasteiger partial charge < -0.3 is 9.30 Å². The maximum atomic E-state index is 13.3. The molecule has 0 spiro atoms. The zero-order valence-electron chi connectivity index (χ0n) is 16.1. The predicted molar refractivity (Wildman–Crippen MR) is 109 cm³/mol. The molecule has 1 saturated heterocycles. The minimum Gasteiger partial charge on any atom is -0.376 e. The first-order valence-corrected chi connectivity index (χ1v) is 9.94. The third-order valence-corrected chi connectivity index (χ3v) is 5.75. The van der Waals surface area contributed by atoms with Gasteiger partial charge in [0.2, 0.25) is 0 Å². The standard InChI is InChI=1S/C21H23N5O2/c1-3-13(2)26-12-22-19-17(21(26)27)18-20(25(19)11-14-7-6-10-28-14)24-16-9-5-4-8-15(16)23-18/h4-5,8-9,12-14H,3,6-7,10-11H2,1-2H3/t13-,14+/m0/s1. The summed E-state index contributed by atoms with van der Waals surface area (Å²) in [6, 6.07) is 7.83. The number of fused-ring (bicyclic) bond motifs is 4. The average molecular weight is 377 g/mol. The zero-order chi connectivity index (χ0) is 19.3. The van der Waals surface area contributed by atoms with Crippen molar-refractivity contribution in [3.8, 4) is 0 Å². The molecule has 5 rings (SSSR count). The van der Waals surface area contributed by atoms with Crippen LogP contribution in [0.25, 0.3) is 33.2 Å². The molecule has 0 unspecified atom stereocenters. The van der Waals surface area contributed by atoms with E-state index in [1.807, 2.05) is 35.8 Å². The second kappa shape index (κ2) is 6.67. The Kier molecular flexibility index (Phi) is 4.12. The van der Waals surface area contributed by atoms with Gasteiger partial charge in [-0.1, -0.05) is 19.1 Å². The first-order valence-electron chi connectivity index (χ1n) is 9.94. The molecule has 1 aromatic carbocycles. The van der Waals surface area contributed by atoms with Crippen LogP contribution >= 0.6 is 0 Å². The van der Waals surface area contributed by atoms with Gasteiger partial charge in [-0.05, 0) is 38.3 Å². The SMILES string of the molecule is CC[C@H](C)n1cnc2c(c1=O)c1nc3ccccc3nc1n2C[C@H]1CCCO1. The molecular weight excluding hydrogens is 354 g/mol. The van der Waals surface area contributed by atoms with E-state index in [-0.39, 0.29) is 17.7 Å². The molecule has 1 aliphatic rings. The Hall–Kier alpha value is -2.80. The molecule has 1 aliphatic heterocycles. The number of nitrogens with zero attached hydrogens (tertiary/aromatic N) is 5. The molecule has 4 aromatic rings. The topological polar surface area (TPSA) is 74.8 Å². The Morgan fingerprint density at radius 2 is 2.00 bits per heavy atom. The highest BCUT2D eigenvalue weighted by Gasteiger charge is 2.24. The van der Waals surface area contributed by atoms with Crippen molar-refractivity contribution >= 4 is 33.2 Å². The lowest BCUT2D eigenvalue weighted by Gasteiger charge is -2.14. The highest BCUT2D eigenvalue weighted by atomic mass is 16.5. The van der Waals surface area contributed by atoms with Crippen molar-refractivity contribution in [2.24, 2.45) is 0 Å². The van der Waals surface area contributed by atoms with Crippen molar-refractivity contribution in [3.63, 3.8) is 0 Å². The molecule has 2 atom stereocenters. The summed E-state index contributed by atoms with van der Waals surface area (Å²) >= 11 is 0. The first-order chi connectivity index (χ1) is 13.7. The smallest absolute Gasteiger partial charge is 0.265 e. The summed E-state index contributed by atoms with van der Waals surface area (Å²) in [5.74, 6) is 0. The Morgan fingerprint density at radius 1 is 1.21 bits per heavy atom. The molecule has 0 saturated carbocycles. The number of para-hydroxylation sites is 2. The summed E-state index contributed by atoms with van der Waals surface area (Å²) in [6.45, 7) is 5.51. The zero-order valence-corrected chi connectivity index (χ0v) is 16.1. The van der Waals surface area contributed by atoms with Crippen LogP contribution in [0, 0.1) is 0 Å². The minimum absolute atomic E-state index is 0.0555. The maximum absolute atomic E-state index is 13.3. The van der Waals surface area contributed by atoms with Gasteiger partial charge in [0.1, 0.15) is 17.2 Å². The van der Waals surface area contributed by atoms with Crippen molar-refractivity contribution in [2.75, 3.05) is 6.61 Å². The van der Waals surface area contributed by atoms with E-state index in [2.05, 4.69) is 11.9 Å². The van der Waals surface area contributed by atoms with Gasteiger partial charge in [0.25, 0.3) is 5.56 Å². The Morgan fingerprint density at radius 3 is 2.71 bits per heavy atom. The fourth-order valence-electron chi connectivity index (χ4n) is 3.99. The molecule has 0 radical (unpaired) electrons. The van der Waals surface area contributed by atoms with Gasteiger partial charge in [0.05, 0.1) is 23.7 Å². The molecule has 0 N–H and O–H groups in total. The molecule has 7 nitrogen and oxygen atoms in total. The maximum Gasteiger partial charge on any atom is 0.265 e.